The highest BCUT2D eigenvalue weighted by molar-refractivity contribution is 7.10. The average molecular weight is 247 g/mol. The Balaban J connectivity index is 0.00000112. The van der Waals surface area contributed by atoms with Crippen molar-refractivity contribution in [3.63, 3.8) is 0 Å². The Morgan fingerprint density at radius 3 is 3.07 bits per heavy atom. The van der Waals surface area contributed by atoms with Gasteiger partial charge in [-0.25, -0.2) is 0 Å². The number of hydrogen-bond acceptors (Lipinski definition) is 3. The van der Waals surface area contributed by atoms with E-state index < -0.39 is 0 Å². The van der Waals surface area contributed by atoms with Crippen molar-refractivity contribution in [3.8, 4) is 0 Å². The Kier molecular flexibility index (Phi) is 4.13. The minimum absolute atomic E-state index is 0. The van der Waals surface area contributed by atoms with Gasteiger partial charge in [0.2, 0.25) is 5.91 Å². The molecule has 15 heavy (non-hydrogen) atoms. The van der Waals surface area contributed by atoms with Gasteiger partial charge >= 0.3 is 0 Å². The Morgan fingerprint density at radius 2 is 2.40 bits per heavy atom. The summed E-state index contributed by atoms with van der Waals surface area (Å²) in [6.07, 6.45) is 0.978. The maximum atomic E-state index is 11.6. The molecule has 0 unspecified atom stereocenters. The molecule has 1 amide bonds. The van der Waals surface area contributed by atoms with Crippen LogP contribution in [0.15, 0.2) is 11.4 Å². The Bertz CT molecular complexity index is 351. The standard InChI is InChI=1S/C10H14N2OS.ClH/c1-7(11)10(13)12-4-2-9-8(6-12)3-5-14-9;/h3,5,7H,2,4,6,11H2,1H3;1H/t7-;/m0./s1. The Morgan fingerprint density at radius 1 is 1.67 bits per heavy atom. The third-order valence-electron chi connectivity index (χ3n) is 2.51. The summed E-state index contributed by atoms with van der Waals surface area (Å²) in [5, 5.41) is 2.09. The van der Waals surface area contributed by atoms with Crippen molar-refractivity contribution < 1.29 is 4.79 Å². The van der Waals surface area contributed by atoms with Gasteiger partial charge in [0, 0.05) is 18.0 Å². The normalized spacial score (nSPS) is 16.5. The second-order valence-electron chi connectivity index (χ2n) is 3.67. The number of thiophene rings is 1. The van der Waals surface area contributed by atoms with Crippen LogP contribution < -0.4 is 5.73 Å². The van der Waals surface area contributed by atoms with E-state index >= 15 is 0 Å². The predicted octanol–water partition coefficient (Wildman–Crippen LogP) is 1.40. The van der Waals surface area contributed by atoms with Crippen LogP contribution in [0.4, 0.5) is 0 Å². The molecule has 0 bridgehead atoms. The van der Waals surface area contributed by atoms with Gasteiger partial charge in [-0.3, -0.25) is 4.79 Å². The molecule has 2 N–H and O–H groups in total. The molecule has 2 rings (SSSR count). The first-order valence-corrected chi connectivity index (χ1v) is 5.66. The van der Waals surface area contributed by atoms with Crippen molar-refractivity contribution >= 4 is 29.7 Å². The zero-order valence-corrected chi connectivity index (χ0v) is 10.2. The van der Waals surface area contributed by atoms with E-state index in [1.165, 1.54) is 10.4 Å². The largest absolute Gasteiger partial charge is 0.337 e. The smallest absolute Gasteiger partial charge is 0.239 e. The lowest BCUT2D eigenvalue weighted by Gasteiger charge is -2.28. The van der Waals surface area contributed by atoms with Gasteiger partial charge < -0.3 is 10.6 Å². The summed E-state index contributed by atoms with van der Waals surface area (Å²) >= 11 is 1.78. The first-order valence-electron chi connectivity index (χ1n) is 4.78. The SMILES string of the molecule is C[C@H](N)C(=O)N1CCc2sccc2C1.Cl. The number of carbonyl (C=O) groups excluding carboxylic acids is 1. The molecule has 0 saturated heterocycles. The zero-order chi connectivity index (χ0) is 10.1. The molecule has 1 aliphatic heterocycles. The number of hydrogen-bond donors (Lipinski definition) is 1. The summed E-state index contributed by atoms with van der Waals surface area (Å²) in [5.74, 6) is 0.0573. The number of carbonyl (C=O) groups is 1. The van der Waals surface area contributed by atoms with Crippen molar-refractivity contribution in [1.29, 1.82) is 0 Å². The van der Waals surface area contributed by atoms with Gasteiger partial charge in [0.05, 0.1) is 6.04 Å². The lowest BCUT2D eigenvalue weighted by molar-refractivity contribution is -0.133. The predicted molar refractivity (Wildman–Crippen MR) is 64.3 cm³/mol. The van der Waals surface area contributed by atoms with Gasteiger partial charge in [0.15, 0.2) is 0 Å². The third kappa shape index (κ3) is 2.51. The first-order chi connectivity index (χ1) is 6.68. The maximum absolute atomic E-state index is 11.6. The molecule has 1 aliphatic rings. The van der Waals surface area contributed by atoms with Gasteiger partial charge in [-0.05, 0) is 30.4 Å². The highest BCUT2D eigenvalue weighted by Crippen LogP contribution is 2.24. The van der Waals surface area contributed by atoms with Gasteiger partial charge in [-0.2, -0.15) is 0 Å². The molecule has 0 saturated carbocycles. The minimum atomic E-state index is -0.379. The summed E-state index contributed by atoms with van der Waals surface area (Å²) in [4.78, 5) is 14.9. The molecule has 2 heterocycles. The third-order valence-corrected chi connectivity index (χ3v) is 3.53. The second kappa shape index (κ2) is 4.96. The van der Waals surface area contributed by atoms with E-state index in [9.17, 15) is 4.79 Å². The van der Waals surface area contributed by atoms with Crippen LogP contribution in [0.3, 0.4) is 0 Å². The molecule has 5 heteroatoms. The molecule has 84 valence electrons. The monoisotopic (exact) mass is 246 g/mol. The molecule has 0 aromatic carbocycles. The molecule has 0 aliphatic carbocycles. The minimum Gasteiger partial charge on any atom is -0.337 e. The number of nitrogens with zero attached hydrogens (tertiary/aromatic N) is 1. The number of halogens is 1. The summed E-state index contributed by atoms with van der Waals surface area (Å²) in [6, 6.07) is 1.72. The van der Waals surface area contributed by atoms with E-state index in [4.69, 9.17) is 5.73 Å². The molecule has 1 aromatic rings. The van der Waals surface area contributed by atoms with Crippen molar-refractivity contribution in [1.82, 2.24) is 4.90 Å². The quantitative estimate of drug-likeness (QED) is 0.814. The summed E-state index contributed by atoms with van der Waals surface area (Å²) in [6.45, 7) is 3.29. The van der Waals surface area contributed by atoms with Crippen LogP contribution in [0.25, 0.3) is 0 Å². The van der Waals surface area contributed by atoms with Crippen LogP contribution in [-0.2, 0) is 17.8 Å². The molecule has 0 spiro atoms. The van der Waals surface area contributed by atoms with Gasteiger partial charge in [0.1, 0.15) is 0 Å². The number of nitrogens with two attached hydrogens (primary N) is 1. The molecule has 1 aromatic heterocycles. The molecule has 3 nitrogen and oxygen atoms in total. The van der Waals surface area contributed by atoms with Crippen LogP contribution in [0.5, 0.6) is 0 Å². The Hall–Kier alpha value is -0.580. The molecule has 0 fully saturated rings. The van der Waals surface area contributed by atoms with Crippen LogP contribution in [-0.4, -0.2) is 23.4 Å². The van der Waals surface area contributed by atoms with E-state index in [0.717, 1.165) is 19.5 Å². The van der Waals surface area contributed by atoms with E-state index in [-0.39, 0.29) is 24.4 Å². The van der Waals surface area contributed by atoms with Crippen LogP contribution in [0, 0.1) is 0 Å². The molecule has 0 radical (unpaired) electrons. The topological polar surface area (TPSA) is 46.3 Å². The highest BCUT2D eigenvalue weighted by Gasteiger charge is 2.22. The second-order valence-corrected chi connectivity index (χ2v) is 4.67. The highest BCUT2D eigenvalue weighted by atomic mass is 35.5. The van der Waals surface area contributed by atoms with Crippen LogP contribution in [0.2, 0.25) is 0 Å². The summed E-state index contributed by atoms with van der Waals surface area (Å²) in [5.41, 5.74) is 6.86. The van der Waals surface area contributed by atoms with Crippen LogP contribution >= 0.6 is 23.7 Å². The van der Waals surface area contributed by atoms with Crippen LogP contribution in [0.1, 0.15) is 17.4 Å². The fourth-order valence-electron chi connectivity index (χ4n) is 1.72. The summed E-state index contributed by atoms with van der Waals surface area (Å²) in [7, 11) is 0. The maximum Gasteiger partial charge on any atom is 0.239 e. The van der Waals surface area contributed by atoms with Crippen molar-refractivity contribution in [2.75, 3.05) is 6.54 Å². The van der Waals surface area contributed by atoms with E-state index in [1.807, 2.05) is 4.90 Å². The van der Waals surface area contributed by atoms with E-state index in [0.29, 0.717) is 0 Å². The van der Waals surface area contributed by atoms with Crippen molar-refractivity contribution in [2.24, 2.45) is 5.73 Å². The molecular formula is C10H15ClN2OS. The number of amides is 1. The lowest BCUT2D eigenvalue weighted by Crippen LogP contribution is -2.44. The van der Waals surface area contributed by atoms with Gasteiger partial charge in [0.25, 0.3) is 0 Å². The van der Waals surface area contributed by atoms with Crippen molar-refractivity contribution in [2.45, 2.75) is 25.9 Å². The van der Waals surface area contributed by atoms with Gasteiger partial charge in [-0.15, -0.1) is 23.7 Å². The average Bonchev–Trinajstić information content (AvgIpc) is 2.62. The first kappa shape index (κ1) is 12.5. The number of fused-ring (bicyclic) bond motifs is 1. The summed E-state index contributed by atoms with van der Waals surface area (Å²) < 4.78 is 0. The van der Waals surface area contributed by atoms with E-state index in [1.54, 1.807) is 18.3 Å². The van der Waals surface area contributed by atoms with Gasteiger partial charge in [-0.1, -0.05) is 0 Å². The number of rotatable bonds is 1. The van der Waals surface area contributed by atoms with Crippen molar-refractivity contribution in [3.05, 3.63) is 21.9 Å². The molecule has 1 atom stereocenters. The fraction of sp³-hybridized carbons (Fsp3) is 0.500. The lowest BCUT2D eigenvalue weighted by atomic mass is 10.1. The zero-order valence-electron chi connectivity index (χ0n) is 8.60. The molecular weight excluding hydrogens is 232 g/mol. The van der Waals surface area contributed by atoms with E-state index in [2.05, 4.69) is 11.4 Å². The Labute approximate surface area is 99.7 Å². The fourth-order valence-corrected chi connectivity index (χ4v) is 2.61.